The van der Waals surface area contributed by atoms with Crippen molar-refractivity contribution in [1.82, 2.24) is 14.7 Å². The second kappa shape index (κ2) is 18.5. The zero-order valence-electron chi connectivity index (χ0n) is 22.6. The third kappa shape index (κ3) is 15.9. The number of ether oxygens (including phenoxy) is 4. The van der Waals surface area contributed by atoms with Gasteiger partial charge >= 0.3 is 23.9 Å². The molecular formula is C26H43N3O8. The fraction of sp³-hybridized carbons (Fsp3) is 0.692. The Bertz CT molecular complexity index is 728. The molecule has 0 N–H and O–H groups in total. The number of hydrogen-bond acceptors (Lipinski definition) is 11. The van der Waals surface area contributed by atoms with Gasteiger partial charge in [0, 0.05) is 50.4 Å². The minimum atomic E-state index is -0.525. The summed E-state index contributed by atoms with van der Waals surface area (Å²) in [5.74, 6) is -1.86. The molecule has 0 aromatic carbocycles. The molecule has 210 valence electrons. The lowest BCUT2D eigenvalue weighted by Gasteiger charge is -2.33. The van der Waals surface area contributed by atoms with E-state index in [9.17, 15) is 19.2 Å². The standard InChI is InChI=1S/C26H43N3O8/c1-21(2)25(32)36-19-17-34-23(30)7-11-28(9-6-10-29-15-13-27(5)14-16-29)12-8-24(31)35-18-20-37-26(33)22(3)4/h1,3,6-20H2,2,4-5H3. The Morgan fingerprint density at radius 1 is 0.703 bits per heavy atom. The summed E-state index contributed by atoms with van der Waals surface area (Å²) in [5.41, 5.74) is 0.565. The Kier molecular flexibility index (Phi) is 16.1. The van der Waals surface area contributed by atoms with Gasteiger partial charge in [-0.25, -0.2) is 9.59 Å². The maximum atomic E-state index is 12.1. The predicted molar refractivity (Wildman–Crippen MR) is 138 cm³/mol. The fourth-order valence-corrected chi connectivity index (χ4v) is 3.39. The van der Waals surface area contributed by atoms with Gasteiger partial charge < -0.3 is 33.6 Å². The highest BCUT2D eigenvalue weighted by Gasteiger charge is 2.16. The quantitative estimate of drug-likeness (QED) is 0.111. The van der Waals surface area contributed by atoms with Crippen molar-refractivity contribution in [3.63, 3.8) is 0 Å². The number of carbonyl (C=O) groups is 4. The van der Waals surface area contributed by atoms with Crippen LogP contribution in [0.5, 0.6) is 0 Å². The van der Waals surface area contributed by atoms with Crippen LogP contribution in [0.25, 0.3) is 0 Å². The maximum Gasteiger partial charge on any atom is 0.333 e. The summed E-state index contributed by atoms with van der Waals surface area (Å²) in [6.45, 7) is 16.6. The van der Waals surface area contributed by atoms with Gasteiger partial charge in [-0.1, -0.05) is 13.2 Å². The van der Waals surface area contributed by atoms with E-state index in [1.54, 1.807) is 13.8 Å². The molecule has 1 aliphatic heterocycles. The van der Waals surface area contributed by atoms with Gasteiger partial charge in [-0.15, -0.1) is 0 Å². The van der Waals surface area contributed by atoms with E-state index in [0.717, 1.165) is 45.7 Å². The van der Waals surface area contributed by atoms with Crippen LogP contribution >= 0.6 is 0 Å². The van der Waals surface area contributed by atoms with Crippen LogP contribution in [0.1, 0.15) is 33.1 Å². The number of esters is 4. The Hall–Kier alpha value is -2.76. The lowest BCUT2D eigenvalue weighted by atomic mass is 10.2. The molecule has 0 aromatic heterocycles. The van der Waals surface area contributed by atoms with E-state index >= 15 is 0 Å². The van der Waals surface area contributed by atoms with Crippen LogP contribution in [0.3, 0.4) is 0 Å². The Labute approximate surface area is 220 Å². The van der Waals surface area contributed by atoms with E-state index in [1.807, 2.05) is 4.90 Å². The van der Waals surface area contributed by atoms with Crippen LogP contribution in [0, 0.1) is 0 Å². The molecule has 37 heavy (non-hydrogen) atoms. The van der Waals surface area contributed by atoms with Crippen molar-refractivity contribution in [2.75, 3.05) is 85.8 Å². The highest BCUT2D eigenvalue weighted by Crippen LogP contribution is 2.04. The minimum Gasteiger partial charge on any atom is -0.462 e. The maximum absolute atomic E-state index is 12.1. The lowest BCUT2D eigenvalue weighted by molar-refractivity contribution is -0.151. The Morgan fingerprint density at radius 2 is 1.14 bits per heavy atom. The summed E-state index contributed by atoms with van der Waals surface area (Å²) in [6, 6.07) is 0. The van der Waals surface area contributed by atoms with Gasteiger partial charge in [0.15, 0.2) is 0 Å². The summed E-state index contributed by atoms with van der Waals surface area (Å²) in [7, 11) is 2.12. The van der Waals surface area contributed by atoms with Crippen molar-refractivity contribution in [3.8, 4) is 0 Å². The van der Waals surface area contributed by atoms with Gasteiger partial charge in [0.05, 0.1) is 12.8 Å². The largest absolute Gasteiger partial charge is 0.462 e. The lowest BCUT2D eigenvalue weighted by Crippen LogP contribution is -2.45. The van der Waals surface area contributed by atoms with Crippen molar-refractivity contribution in [2.45, 2.75) is 33.1 Å². The number of carbonyl (C=O) groups excluding carboxylic acids is 4. The molecule has 1 rings (SSSR count). The van der Waals surface area contributed by atoms with Crippen LogP contribution in [0.15, 0.2) is 24.3 Å². The van der Waals surface area contributed by atoms with E-state index in [0.29, 0.717) is 13.1 Å². The highest BCUT2D eigenvalue weighted by molar-refractivity contribution is 5.87. The molecule has 1 aliphatic rings. The topological polar surface area (TPSA) is 115 Å². The summed E-state index contributed by atoms with van der Waals surface area (Å²) < 4.78 is 20.1. The van der Waals surface area contributed by atoms with Crippen LogP contribution < -0.4 is 0 Å². The van der Waals surface area contributed by atoms with Gasteiger partial charge in [-0.3, -0.25) is 9.59 Å². The number of likely N-dealkylation sites (N-methyl/N-ethyl adjacent to an activating group) is 1. The Balaban J connectivity index is 2.40. The predicted octanol–water partition coefficient (Wildman–Crippen LogP) is 1.03. The molecule has 1 heterocycles. The van der Waals surface area contributed by atoms with Crippen molar-refractivity contribution >= 4 is 23.9 Å². The number of rotatable bonds is 18. The second-order valence-corrected chi connectivity index (χ2v) is 9.11. The minimum absolute atomic E-state index is 0.0243. The van der Waals surface area contributed by atoms with Crippen molar-refractivity contribution < 1.29 is 38.1 Å². The molecule has 0 aliphatic carbocycles. The van der Waals surface area contributed by atoms with Gasteiger partial charge in [0.1, 0.15) is 26.4 Å². The average molecular weight is 526 g/mol. The normalized spacial score (nSPS) is 14.2. The molecule has 0 unspecified atom stereocenters. The average Bonchev–Trinajstić information content (AvgIpc) is 2.86. The highest BCUT2D eigenvalue weighted by atomic mass is 16.6. The molecule has 0 bridgehead atoms. The molecular weight excluding hydrogens is 482 g/mol. The van der Waals surface area contributed by atoms with Gasteiger partial charge in [-0.2, -0.15) is 0 Å². The van der Waals surface area contributed by atoms with E-state index in [-0.39, 0.29) is 50.4 Å². The van der Waals surface area contributed by atoms with Gasteiger partial charge in [-0.05, 0) is 40.4 Å². The summed E-state index contributed by atoms with van der Waals surface area (Å²) >= 11 is 0. The first-order chi connectivity index (χ1) is 17.6. The Morgan fingerprint density at radius 3 is 1.57 bits per heavy atom. The monoisotopic (exact) mass is 525 g/mol. The molecule has 0 aromatic rings. The molecule has 0 spiro atoms. The summed E-state index contributed by atoms with van der Waals surface area (Å²) in [4.78, 5) is 53.8. The zero-order valence-corrected chi connectivity index (χ0v) is 22.6. The number of nitrogens with zero attached hydrogens (tertiary/aromatic N) is 3. The SMILES string of the molecule is C=C(C)C(=O)OCCOC(=O)CCN(CCCN1CCN(C)CC1)CCC(=O)OCCOC(=O)C(=C)C. The molecule has 0 amide bonds. The second-order valence-electron chi connectivity index (χ2n) is 9.11. The molecule has 11 heteroatoms. The first-order valence-corrected chi connectivity index (χ1v) is 12.7. The van der Waals surface area contributed by atoms with Gasteiger partial charge in [0.25, 0.3) is 0 Å². The molecule has 0 atom stereocenters. The van der Waals surface area contributed by atoms with Crippen LogP contribution in [-0.2, 0) is 38.1 Å². The van der Waals surface area contributed by atoms with E-state index in [2.05, 4.69) is 30.0 Å². The van der Waals surface area contributed by atoms with E-state index < -0.39 is 23.9 Å². The van der Waals surface area contributed by atoms with Crippen molar-refractivity contribution in [2.24, 2.45) is 0 Å². The zero-order chi connectivity index (χ0) is 27.6. The first-order valence-electron chi connectivity index (χ1n) is 12.7. The fourth-order valence-electron chi connectivity index (χ4n) is 3.39. The van der Waals surface area contributed by atoms with Crippen LogP contribution in [0.4, 0.5) is 0 Å². The third-order valence-corrected chi connectivity index (χ3v) is 5.66. The number of piperazine rings is 1. The summed E-state index contributed by atoms with van der Waals surface area (Å²) in [5, 5.41) is 0. The molecule has 1 fully saturated rings. The van der Waals surface area contributed by atoms with E-state index in [4.69, 9.17) is 18.9 Å². The van der Waals surface area contributed by atoms with Gasteiger partial charge in [0.2, 0.25) is 0 Å². The molecule has 0 saturated carbocycles. The summed E-state index contributed by atoms with van der Waals surface area (Å²) in [6.07, 6.45) is 1.20. The molecule has 0 radical (unpaired) electrons. The molecule has 1 saturated heterocycles. The van der Waals surface area contributed by atoms with E-state index in [1.165, 1.54) is 0 Å². The molecule has 11 nitrogen and oxygen atoms in total. The van der Waals surface area contributed by atoms with Crippen molar-refractivity contribution in [3.05, 3.63) is 24.3 Å². The third-order valence-electron chi connectivity index (χ3n) is 5.66. The van der Waals surface area contributed by atoms with Crippen LogP contribution in [0.2, 0.25) is 0 Å². The van der Waals surface area contributed by atoms with Crippen LogP contribution in [-0.4, -0.2) is 124 Å². The smallest absolute Gasteiger partial charge is 0.333 e. The van der Waals surface area contributed by atoms with Crippen molar-refractivity contribution in [1.29, 1.82) is 0 Å². The number of hydrogen-bond donors (Lipinski definition) is 0. The first kappa shape index (κ1) is 32.3.